The normalized spacial score (nSPS) is 11.0. The van der Waals surface area contributed by atoms with Gasteiger partial charge in [0.2, 0.25) is 5.91 Å². The fraction of sp³-hybridized carbons (Fsp3) is 0.269. The molecule has 0 fully saturated rings. The van der Waals surface area contributed by atoms with E-state index in [1.807, 2.05) is 80.8 Å². The van der Waals surface area contributed by atoms with Gasteiger partial charge < -0.3 is 10.1 Å². The van der Waals surface area contributed by atoms with E-state index >= 15 is 0 Å². The molecule has 1 N–H and O–H groups in total. The summed E-state index contributed by atoms with van der Waals surface area (Å²) in [5, 5.41) is 3.40. The molecule has 0 bridgehead atoms. The van der Waals surface area contributed by atoms with Crippen molar-refractivity contribution < 1.29 is 9.53 Å². The van der Waals surface area contributed by atoms with Crippen LogP contribution in [0.15, 0.2) is 59.7 Å². The highest BCUT2D eigenvalue weighted by molar-refractivity contribution is 5.83. The van der Waals surface area contributed by atoms with Crippen LogP contribution in [0.5, 0.6) is 5.75 Å². The Hall–Kier alpha value is -3.87. The summed E-state index contributed by atoms with van der Waals surface area (Å²) < 4.78 is 8.78. The Kier molecular flexibility index (Phi) is 6.31. The van der Waals surface area contributed by atoms with E-state index in [1.165, 1.54) is 10.9 Å². The molecule has 7 heteroatoms. The van der Waals surface area contributed by atoms with Gasteiger partial charge in [0, 0.05) is 17.9 Å². The smallest absolute Gasteiger partial charge is 0.263 e. The van der Waals surface area contributed by atoms with Gasteiger partial charge >= 0.3 is 0 Å². The third-order valence-electron chi connectivity index (χ3n) is 5.81. The van der Waals surface area contributed by atoms with Crippen LogP contribution < -0.4 is 15.6 Å². The van der Waals surface area contributed by atoms with Crippen LogP contribution in [0.3, 0.4) is 0 Å². The number of aromatic nitrogens is 3. The van der Waals surface area contributed by atoms with Gasteiger partial charge in [0.1, 0.15) is 18.6 Å². The standard InChI is InChI=1S/C26H28N4O3/c1-5-33-22-12-8-20(9-13-22)14-27-23(31)15-29-16-28-25-24(26(29)32)18(3)19(4)30(25)21-10-6-17(2)7-11-21/h6-13,16H,5,14-15H2,1-4H3,(H,27,31). The highest BCUT2D eigenvalue weighted by Crippen LogP contribution is 2.25. The van der Waals surface area contributed by atoms with Crippen LogP contribution in [0.1, 0.15) is 29.3 Å². The van der Waals surface area contributed by atoms with Crippen LogP contribution in [0, 0.1) is 20.8 Å². The monoisotopic (exact) mass is 444 g/mol. The summed E-state index contributed by atoms with van der Waals surface area (Å²) in [6.45, 7) is 8.75. The van der Waals surface area contributed by atoms with Crippen molar-refractivity contribution in [2.75, 3.05) is 6.61 Å². The molecule has 1 amide bonds. The molecule has 0 saturated carbocycles. The molecule has 0 aliphatic heterocycles. The zero-order valence-corrected chi connectivity index (χ0v) is 19.4. The lowest BCUT2D eigenvalue weighted by Gasteiger charge is -2.10. The van der Waals surface area contributed by atoms with Gasteiger partial charge in [-0.15, -0.1) is 0 Å². The largest absolute Gasteiger partial charge is 0.494 e. The second kappa shape index (κ2) is 9.32. The summed E-state index contributed by atoms with van der Waals surface area (Å²) >= 11 is 0. The lowest BCUT2D eigenvalue weighted by molar-refractivity contribution is -0.121. The Balaban J connectivity index is 1.54. The molecule has 0 unspecified atom stereocenters. The number of nitrogens with zero attached hydrogens (tertiary/aromatic N) is 3. The van der Waals surface area contributed by atoms with Crippen LogP contribution in [0.4, 0.5) is 0 Å². The van der Waals surface area contributed by atoms with Crippen molar-refractivity contribution in [1.82, 2.24) is 19.4 Å². The SMILES string of the molecule is CCOc1ccc(CNC(=O)Cn2cnc3c(c(C)c(C)n3-c3ccc(C)cc3)c2=O)cc1. The van der Waals surface area contributed by atoms with Gasteiger partial charge in [-0.1, -0.05) is 29.8 Å². The van der Waals surface area contributed by atoms with Crippen LogP contribution in [-0.2, 0) is 17.9 Å². The molecule has 2 aromatic carbocycles. The molecule has 0 radical (unpaired) electrons. The number of hydrogen-bond donors (Lipinski definition) is 1. The summed E-state index contributed by atoms with van der Waals surface area (Å²) in [5.74, 6) is 0.543. The number of ether oxygens (including phenoxy) is 1. The molecule has 0 saturated heterocycles. The Morgan fingerprint density at radius 1 is 1.03 bits per heavy atom. The average molecular weight is 445 g/mol. The summed E-state index contributed by atoms with van der Waals surface area (Å²) in [4.78, 5) is 30.3. The van der Waals surface area contributed by atoms with Gasteiger partial charge in [-0.3, -0.25) is 18.7 Å². The molecule has 2 heterocycles. The molecule has 7 nitrogen and oxygen atoms in total. The van der Waals surface area contributed by atoms with Gasteiger partial charge in [-0.05, 0) is 63.1 Å². The second-order valence-electron chi connectivity index (χ2n) is 8.11. The van der Waals surface area contributed by atoms with Gasteiger partial charge in [0.05, 0.1) is 12.0 Å². The molecule has 0 aliphatic carbocycles. The zero-order chi connectivity index (χ0) is 23.5. The number of hydrogen-bond acceptors (Lipinski definition) is 4. The van der Waals surface area contributed by atoms with Crippen LogP contribution >= 0.6 is 0 Å². The molecule has 0 aliphatic rings. The number of nitrogens with one attached hydrogen (secondary N) is 1. The van der Waals surface area contributed by atoms with Gasteiger partial charge in [0.25, 0.3) is 5.56 Å². The maximum atomic E-state index is 13.2. The predicted molar refractivity (Wildman–Crippen MR) is 129 cm³/mol. The van der Waals surface area contributed by atoms with Crippen molar-refractivity contribution in [2.45, 2.75) is 40.8 Å². The zero-order valence-electron chi connectivity index (χ0n) is 19.4. The second-order valence-corrected chi connectivity index (χ2v) is 8.11. The number of amides is 1. The Morgan fingerprint density at radius 2 is 1.73 bits per heavy atom. The summed E-state index contributed by atoms with van der Waals surface area (Å²) in [5.41, 5.74) is 5.27. The maximum Gasteiger partial charge on any atom is 0.263 e. The van der Waals surface area contributed by atoms with Crippen molar-refractivity contribution in [3.8, 4) is 11.4 Å². The molecule has 4 aromatic rings. The fourth-order valence-corrected chi connectivity index (χ4v) is 3.89. The number of carbonyl (C=O) groups excluding carboxylic acids is 1. The Labute approximate surface area is 192 Å². The number of aryl methyl sites for hydroxylation is 2. The van der Waals surface area contributed by atoms with E-state index in [9.17, 15) is 9.59 Å². The van der Waals surface area contributed by atoms with E-state index in [0.717, 1.165) is 33.8 Å². The van der Waals surface area contributed by atoms with Gasteiger partial charge in [-0.2, -0.15) is 0 Å². The third-order valence-corrected chi connectivity index (χ3v) is 5.81. The molecular formula is C26H28N4O3. The first-order valence-electron chi connectivity index (χ1n) is 11.0. The first kappa shape index (κ1) is 22.3. The molecule has 170 valence electrons. The maximum absolute atomic E-state index is 13.2. The van der Waals surface area contributed by atoms with Crippen LogP contribution in [0.25, 0.3) is 16.7 Å². The van der Waals surface area contributed by atoms with E-state index in [4.69, 9.17) is 4.74 Å². The first-order chi connectivity index (χ1) is 15.9. The molecular weight excluding hydrogens is 416 g/mol. The third kappa shape index (κ3) is 4.53. The highest BCUT2D eigenvalue weighted by atomic mass is 16.5. The summed E-state index contributed by atoms with van der Waals surface area (Å²) in [7, 11) is 0. The van der Waals surface area contributed by atoms with Crippen molar-refractivity contribution in [3.05, 3.63) is 87.6 Å². The first-order valence-corrected chi connectivity index (χ1v) is 11.0. The number of fused-ring (bicyclic) bond motifs is 1. The topological polar surface area (TPSA) is 78.2 Å². The van der Waals surface area contributed by atoms with E-state index in [0.29, 0.717) is 24.2 Å². The van der Waals surface area contributed by atoms with Crippen LogP contribution in [-0.4, -0.2) is 26.6 Å². The molecule has 4 rings (SSSR count). The van der Waals surface area contributed by atoms with E-state index in [-0.39, 0.29) is 18.0 Å². The molecule has 0 atom stereocenters. The lowest BCUT2D eigenvalue weighted by Crippen LogP contribution is -2.32. The number of benzene rings is 2. The summed E-state index contributed by atoms with van der Waals surface area (Å²) in [6.07, 6.45) is 1.45. The van der Waals surface area contributed by atoms with Crippen LogP contribution in [0.2, 0.25) is 0 Å². The predicted octanol–water partition coefficient (Wildman–Crippen LogP) is 3.83. The summed E-state index contributed by atoms with van der Waals surface area (Å²) in [6, 6.07) is 15.7. The molecule has 33 heavy (non-hydrogen) atoms. The fourth-order valence-electron chi connectivity index (χ4n) is 3.89. The van der Waals surface area contributed by atoms with Crippen molar-refractivity contribution >= 4 is 16.9 Å². The molecule has 2 aromatic heterocycles. The average Bonchev–Trinajstić information content (AvgIpc) is 3.06. The minimum absolute atomic E-state index is 0.0903. The lowest BCUT2D eigenvalue weighted by atomic mass is 10.2. The Morgan fingerprint density at radius 3 is 2.39 bits per heavy atom. The van der Waals surface area contributed by atoms with E-state index in [1.54, 1.807) is 0 Å². The van der Waals surface area contributed by atoms with Crippen molar-refractivity contribution in [3.63, 3.8) is 0 Å². The Bertz CT molecular complexity index is 1350. The number of rotatable bonds is 7. The van der Waals surface area contributed by atoms with Gasteiger partial charge in [0.15, 0.2) is 5.65 Å². The minimum atomic E-state index is -0.250. The molecule has 0 spiro atoms. The quantitative estimate of drug-likeness (QED) is 0.470. The minimum Gasteiger partial charge on any atom is -0.494 e. The van der Waals surface area contributed by atoms with E-state index in [2.05, 4.69) is 10.3 Å². The highest BCUT2D eigenvalue weighted by Gasteiger charge is 2.18. The van der Waals surface area contributed by atoms with Crippen molar-refractivity contribution in [2.24, 2.45) is 0 Å². The van der Waals surface area contributed by atoms with Crippen molar-refractivity contribution in [1.29, 1.82) is 0 Å². The van der Waals surface area contributed by atoms with Gasteiger partial charge in [-0.25, -0.2) is 4.98 Å². The van der Waals surface area contributed by atoms with E-state index < -0.39 is 0 Å². The number of carbonyl (C=O) groups is 1.